The average Bonchev–Trinajstić information content (AvgIpc) is 2.82. The highest BCUT2D eigenvalue weighted by Gasteiger charge is 2.19. The minimum Gasteiger partial charge on any atom is -0.441 e. The lowest BCUT2D eigenvalue weighted by Gasteiger charge is -2.15. The third kappa shape index (κ3) is 5.91. The van der Waals surface area contributed by atoms with Crippen molar-refractivity contribution < 1.29 is 13.4 Å². The number of halogens is 1. The van der Waals surface area contributed by atoms with Crippen LogP contribution in [0, 0.1) is 6.92 Å². The van der Waals surface area contributed by atoms with Crippen molar-refractivity contribution in [2.45, 2.75) is 57.2 Å². The zero-order valence-corrected chi connectivity index (χ0v) is 17.1. The molecule has 1 saturated carbocycles. The molecular weight excluding hydrogens is 384 g/mol. The van der Waals surface area contributed by atoms with E-state index in [1.165, 1.54) is 12.8 Å². The van der Waals surface area contributed by atoms with Crippen LogP contribution in [0.4, 0.5) is 0 Å². The Morgan fingerprint density at radius 1 is 1.22 bits per heavy atom. The van der Waals surface area contributed by atoms with Gasteiger partial charge in [0.2, 0.25) is 11.8 Å². The van der Waals surface area contributed by atoms with Crippen LogP contribution < -0.4 is 5.32 Å². The van der Waals surface area contributed by atoms with Crippen LogP contribution in [0.2, 0.25) is 5.02 Å². The molecule has 5 nitrogen and oxygen atoms in total. The van der Waals surface area contributed by atoms with Crippen LogP contribution in [-0.4, -0.2) is 26.9 Å². The van der Waals surface area contributed by atoms with Crippen LogP contribution >= 0.6 is 11.6 Å². The minimum atomic E-state index is -1.32. The Morgan fingerprint density at radius 2 is 1.89 bits per heavy atom. The van der Waals surface area contributed by atoms with Crippen LogP contribution in [0.1, 0.15) is 50.0 Å². The molecule has 1 amide bonds. The van der Waals surface area contributed by atoms with Gasteiger partial charge in [0.1, 0.15) is 11.5 Å². The summed E-state index contributed by atoms with van der Waals surface area (Å²) in [4.78, 5) is 16.7. The van der Waals surface area contributed by atoms with Crippen LogP contribution in [0.3, 0.4) is 0 Å². The number of hydrogen-bond donors (Lipinski definition) is 1. The Balaban J connectivity index is 1.55. The molecule has 0 bridgehead atoms. The zero-order chi connectivity index (χ0) is 19.2. The van der Waals surface area contributed by atoms with Gasteiger partial charge in [0.15, 0.2) is 0 Å². The summed E-state index contributed by atoms with van der Waals surface area (Å²) < 4.78 is 18.1. The quantitative estimate of drug-likeness (QED) is 0.719. The fourth-order valence-corrected chi connectivity index (χ4v) is 4.50. The second kappa shape index (κ2) is 9.51. The van der Waals surface area contributed by atoms with E-state index in [1.54, 1.807) is 19.1 Å². The molecule has 0 radical (unpaired) electrons. The highest BCUT2D eigenvalue weighted by atomic mass is 35.5. The Kier molecular flexibility index (Phi) is 7.07. The van der Waals surface area contributed by atoms with Gasteiger partial charge in [0.05, 0.1) is 11.4 Å². The summed E-state index contributed by atoms with van der Waals surface area (Å²) in [6, 6.07) is 7.42. The molecule has 0 saturated heterocycles. The molecule has 1 fully saturated rings. The lowest BCUT2D eigenvalue weighted by atomic mass is 10.1. The highest BCUT2D eigenvalue weighted by molar-refractivity contribution is 7.84. The van der Waals surface area contributed by atoms with Crippen LogP contribution in [0.5, 0.6) is 0 Å². The number of nitrogens with zero attached hydrogens (tertiary/aromatic N) is 1. The SMILES string of the molecule is Cc1oc(-c2ccc(Cl)cc2)nc1C[S@@](=O)CC(=O)NC1CCCCCC1. The maximum absolute atomic E-state index is 12.4. The first-order chi connectivity index (χ1) is 13.0. The first-order valence-electron chi connectivity index (χ1n) is 9.38. The van der Waals surface area contributed by atoms with Gasteiger partial charge >= 0.3 is 0 Å². The van der Waals surface area contributed by atoms with Gasteiger partial charge in [-0.05, 0) is 44.0 Å². The second-order valence-electron chi connectivity index (χ2n) is 7.01. The zero-order valence-electron chi connectivity index (χ0n) is 15.5. The lowest BCUT2D eigenvalue weighted by molar-refractivity contribution is -0.119. The van der Waals surface area contributed by atoms with Crippen molar-refractivity contribution in [3.8, 4) is 11.5 Å². The number of aromatic nitrogens is 1. The van der Waals surface area contributed by atoms with E-state index in [-0.39, 0.29) is 23.5 Å². The number of hydrogen-bond acceptors (Lipinski definition) is 4. The summed E-state index contributed by atoms with van der Waals surface area (Å²) >= 11 is 5.90. The van der Waals surface area contributed by atoms with Crippen molar-refractivity contribution in [1.82, 2.24) is 10.3 Å². The van der Waals surface area contributed by atoms with Crippen molar-refractivity contribution in [2.24, 2.45) is 0 Å². The Hall–Kier alpha value is -1.66. The number of nitrogens with one attached hydrogen (secondary N) is 1. The molecule has 1 aromatic carbocycles. The molecular formula is C20H25ClN2O3S. The predicted octanol–water partition coefficient (Wildman–Crippen LogP) is 4.39. The molecule has 1 aromatic heterocycles. The van der Waals surface area contributed by atoms with Crippen molar-refractivity contribution in [3.63, 3.8) is 0 Å². The van der Waals surface area contributed by atoms with Crippen molar-refractivity contribution in [1.29, 1.82) is 0 Å². The molecule has 0 aliphatic heterocycles. The van der Waals surface area contributed by atoms with Gasteiger partial charge in [0, 0.05) is 27.4 Å². The first-order valence-corrected chi connectivity index (χ1v) is 11.2. The molecule has 0 unspecified atom stereocenters. The topological polar surface area (TPSA) is 72.2 Å². The van der Waals surface area contributed by atoms with Crippen LogP contribution in [0.25, 0.3) is 11.5 Å². The monoisotopic (exact) mass is 408 g/mol. The van der Waals surface area contributed by atoms with Gasteiger partial charge in [-0.25, -0.2) is 4.98 Å². The highest BCUT2D eigenvalue weighted by Crippen LogP contribution is 2.24. The Bertz CT molecular complexity index is 796. The number of benzene rings is 1. The number of oxazole rings is 1. The Labute approximate surface area is 167 Å². The molecule has 1 aliphatic rings. The number of carbonyl (C=O) groups is 1. The standard InChI is InChI=1S/C20H25ClN2O3S/c1-14-18(23-20(26-14)15-8-10-16(21)11-9-15)12-27(25)13-19(24)22-17-6-4-2-3-5-7-17/h8-11,17H,2-7,12-13H2,1H3,(H,22,24)/t27-/m1/s1. The van der Waals surface area contributed by atoms with Crippen LogP contribution in [0.15, 0.2) is 28.7 Å². The molecule has 2 aromatic rings. The molecule has 27 heavy (non-hydrogen) atoms. The summed E-state index contributed by atoms with van der Waals surface area (Å²) in [6.45, 7) is 1.80. The average molecular weight is 409 g/mol. The second-order valence-corrected chi connectivity index (χ2v) is 8.91. The van der Waals surface area contributed by atoms with Crippen molar-refractivity contribution in [3.05, 3.63) is 40.7 Å². The molecule has 0 spiro atoms. The molecule has 1 N–H and O–H groups in total. The van der Waals surface area contributed by atoms with E-state index in [0.717, 1.165) is 31.2 Å². The third-order valence-electron chi connectivity index (χ3n) is 4.79. The number of rotatable bonds is 6. The van der Waals surface area contributed by atoms with Crippen LogP contribution in [-0.2, 0) is 21.3 Å². The molecule has 1 atom stereocenters. The van der Waals surface area contributed by atoms with E-state index in [4.69, 9.17) is 16.0 Å². The molecule has 1 aliphatic carbocycles. The van der Waals surface area contributed by atoms with Crippen molar-refractivity contribution in [2.75, 3.05) is 5.75 Å². The number of carbonyl (C=O) groups excluding carboxylic acids is 1. The maximum atomic E-state index is 12.4. The summed E-state index contributed by atoms with van der Waals surface area (Å²) in [5.74, 6) is 1.16. The van der Waals surface area contributed by atoms with Gasteiger partial charge < -0.3 is 9.73 Å². The molecule has 7 heteroatoms. The number of amides is 1. The summed E-state index contributed by atoms with van der Waals surface area (Å²) in [5.41, 5.74) is 1.44. The third-order valence-corrected chi connectivity index (χ3v) is 6.23. The largest absolute Gasteiger partial charge is 0.441 e. The van der Waals surface area contributed by atoms with E-state index < -0.39 is 10.8 Å². The van der Waals surface area contributed by atoms with Gasteiger partial charge in [-0.3, -0.25) is 9.00 Å². The van der Waals surface area contributed by atoms with E-state index in [2.05, 4.69) is 10.3 Å². The Morgan fingerprint density at radius 3 is 2.56 bits per heavy atom. The molecule has 1 heterocycles. The first kappa shape index (κ1) is 20.1. The van der Waals surface area contributed by atoms with E-state index in [0.29, 0.717) is 22.4 Å². The van der Waals surface area contributed by atoms with Gasteiger partial charge in [0.25, 0.3) is 0 Å². The van der Waals surface area contributed by atoms with Gasteiger partial charge in [-0.1, -0.05) is 37.3 Å². The normalized spacial score (nSPS) is 16.7. The summed E-state index contributed by atoms with van der Waals surface area (Å²) in [7, 11) is -1.32. The maximum Gasteiger partial charge on any atom is 0.232 e. The fraction of sp³-hybridized carbons (Fsp3) is 0.500. The number of aryl methyl sites for hydroxylation is 1. The lowest BCUT2D eigenvalue weighted by Crippen LogP contribution is -2.37. The van der Waals surface area contributed by atoms with Gasteiger partial charge in [-0.2, -0.15) is 0 Å². The fourth-order valence-electron chi connectivity index (χ4n) is 3.32. The molecule has 146 valence electrons. The predicted molar refractivity (Wildman–Crippen MR) is 108 cm³/mol. The van der Waals surface area contributed by atoms with Gasteiger partial charge in [-0.15, -0.1) is 0 Å². The van der Waals surface area contributed by atoms with E-state index in [1.807, 2.05) is 12.1 Å². The summed E-state index contributed by atoms with van der Waals surface area (Å²) in [6.07, 6.45) is 6.81. The summed E-state index contributed by atoms with van der Waals surface area (Å²) in [5, 5.41) is 3.68. The van der Waals surface area contributed by atoms with E-state index >= 15 is 0 Å². The smallest absolute Gasteiger partial charge is 0.232 e. The van der Waals surface area contributed by atoms with Crippen molar-refractivity contribution >= 4 is 28.3 Å². The minimum absolute atomic E-state index is 0.000914. The van der Waals surface area contributed by atoms with E-state index in [9.17, 15) is 9.00 Å². The molecule has 3 rings (SSSR count).